The third-order valence-electron chi connectivity index (χ3n) is 3.41. The first kappa shape index (κ1) is 19.4. The zero-order chi connectivity index (χ0) is 20.0. The van der Waals surface area contributed by atoms with Crippen LogP contribution in [0.5, 0.6) is 0 Å². The van der Waals surface area contributed by atoms with Gasteiger partial charge in [0.2, 0.25) is 0 Å². The molecule has 0 bridgehead atoms. The molecule has 0 heterocycles. The van der Waals surface area contributed by atoms with Crippen molar-refractivity contribution in [1.29, 1.82) is 0 Å². The van der Waals surface area contributed by atoms with Gasteiger partial charge in [0.15, 0.2) is 0 Å². The monoisotopic (exact) mass is 373 g/mol. The van der Waals surface area contributed by atoms with Gasteiger partial charge in [0, 0.05) is 17.8 Å². The fraction of sp³-hybridized carbons (Fsp3) is 0.118. The van der Waals surface area contributed by atoms with E-state index in [1.54, 1.807) is 0 Å². The molecular weight excluding hydrogens is 358 g/mol. The van der Waals surface area contributed by atoms with E-state index in [-0.39, 0.29) is 28.2 Å². The smallest absolute Gasteiger partial charge is 0.339 e. The number of nitrogens with zero attached hydrogens (tertiary/aromatic N) is 1. The quantitative estimate of drug-likeness (QED) is 0.467. The number of ether oxygens (including phenoxy) is 2. The Morgan fingerprint density at radius 2 is 1.67 bits per heavy atom. The standard InChI is InChI=1S/C17H15N3O7/c1-26-15(21)10-6-7-13(16(22)27-2)14(8-10)19-17(23)18-11-4-3-5-12(9-11)20(24)25/h3-9H,1-2H3,(H2,18,19,23). The number of anilines is 2. The Kier molecular flexibility index (Phi) is 6.05. The van der Waals surface area contributed by atoms with Crippen LogP contribution in [0.1, 0.15) is 20.7 Å². The maximum absolute atomic E-state index is 12.2. The molecular formula is C17H15N3O7. The SMILES string of the molecule is COC(=O)c1ccc(C(=O)OC)c(NC(=O)Nc2cccc([N+](=O)[O-])c2)c1. The summed E-state index contributed by atoms with van der Waals surface area (Å²) in [6, 6.07) is 8.45. The van der Waals surface area contributed by atoms with Crippen LogP contribution in [0.4, 0.5) is 21.9 Å². The first-order valence-electron chi connectivity index (χ1n) is 7.49. The van der Waals surface area contributed by atoms with Gasteiger partial charge in [0.05, 0.1) is 36.0 Å². The van der Waals surface area contributed by atoms with E-state index in [0.717, 1.165) is 0 Å². The van der Waals surface area contributed by atoms with Crippen LogP contribution in [-0.4, -0.2) is 37.1 Å². The molecule has 0 saturated heterocycles. The number of esters is 2. The van der Waals surface area contributed by atoms with Gasteiger partial charge in [0.1, 0.15) is 0 Å². The number of benzene rings is 2. The van der Waals surface area contributed by atoms with Crippen molar-refractivity contribution in [3.63, 3.8) is 0 Å². The molecule has 0 aliphatic heterocycles. The topological polar surface area (TPSA) is 137 Å². The highest BCUT2D eigenvalue weighted by Crippen LogP contribution is 2.21. The van der Waals surface area contributed by atoms with Gasteiger partial charge in [-0.3, -0.25) is 10.1 Å². The number of nitro groups is 1. The summed E-state index contributed by atoms with van der Waals surface area (Å²) in [5.41, 5.74) is 0.101. The van der Waals surface area contributed by atoms with E-state index in [4.69, 9.17) is 0 Å². The van der Waals surface area contributed by atoms with Crippen LogP contribution in [0.15, 0.2) is 42.5 Å². The average Bonchev–Trinajstić information content (AvgIpc) is 2.66. The molecule has 0 radical (unpaired) electrons. The van der Waals surface area contributed by atoms with E-state index in [0.29, 0.717) is 0 Å². The van der Waals surface area contributed by atoms with E-state index in [9.17, 15) is 24.5 Å². The largest absolute Gasteiger partial charge is 0.465 e. The Hall–Kier alpha value is -3.95. The van der Waals surface area contributed by atoms with Crippen LogP contribution in [0.25, 0.3) is 0 Å². The number of non-ortho nitro benzene ring substituents is 1. The lowest BCUT2D eigenvalue weighted by Gasteiger charge is -2.12. The predicted molar refractivity (Wildman–Crippen MR) is 94.9 cm³/mol. The van der Waals surface area contributed by atoms with Crippen molar-refractivity contribution >= 4 is 35.0 Å². The summed E-state index contributed by atoms with van der Waals surface area (Å²) in [7, 11) is 2.36. The summed E-state index contributed by atoms with van der Waals surface area (Å²) < 4.78 is 9.25. The Labute approximate surface area is 153 Å². The van der Waals surface area contributed by atoms with Crippen molar-refractivity contribution in [3.05, 3.63) is 63.7 Å². The van der Waals surface area contributed by atoms with Crippen molar-refractivity contribution < 1.29 is 28.8 Å². The summed E-state index contributed by atoms with van der Waals surface area (Å²) in [6.07, 6.45) is 0. The summed E-state index contributed by atoms with van der Waals surface area (Å²) in [5, 5.41) is 15.6. The summed E-state index contributed by atoms with van der Waals surface area (Å²) >= 11 is 0. The van der Waals surface area contributed by atoms with E-state index >= 15 is 0 Å². The number of amides is 2. The average molecular weight is 373 g/mol. The Morgan fingerprint density at radius 1 is 0.963 bits per heavy atom. The van der Waals surface area contributed by atoms with Crippen LogP contribution < -0.4 is 10.6 Å². The minimum atomic E-state index is -0.775. The fourth-order valence-electron chi connectivity index (χ4n) is 2.16. The molecule has 0 aliphatic rings. The second-order valence-corrected chi connectivity index (χ2v) is 5.13. The second-order valence-electron chi connectivity index (χ2n) is 5.13. The highest BCUT2D eigenvalue weighted by Gasteiger charge is 2.17. The number of methoxy groups -OCH3 is 2. The van der Waals surface area contributed by atoms with Gasteiger partial charge < -0.3 is 20.1 Å². The third kappa shape index (κ3) is 4.78. The van der Waals surface area contributed by atoms with Crippen LogP contribution >= 0.6 is 0 Å². The molecule has 0 aromatic heterocycles. The number of rotatable bonds is 5. The number of hydrogen-bond acceptors (Lipinski definition) is 7. The molecule has 2 amide bonds. The van der Waals surface area contributed by atoms with Crippen LogP contribution in [0.3, 0.4) is 0 Å². The molecule has 2 rings (SSSR count). The van der Waals surface area contributed by atoms with Crippen LogP contribution in [0, 0.1) is 10.1 Å². The second kappa shape index (κ2) is 8.43. The minimum absolute atomic E-state index is 0.00711. The van der Waals surface area contributed by atoms with Crippen molar-refractivity contribution in [2.24, 2.45) is 0 Å². The van der Waals surface area contributed by atoms with E-state index < -0.39 is 22.9 Å². The van der Waals surface area contributed by atoms with Gasteiger partial charge in [-0.2, -0.15) is 0 Å². The van der Waals surface area contributed by atoms with Gasteiger partial charge in [-0.15, -0.1) is 0 Å². The van der Waals surface area contributed by atoms with Gasteiger partial charge in [-0.1, -0.05) is 6.07 Å². The number of nitro benzene ring substituents is 1. The Bertz CT molecular complexity index is 911. The summed E-state index contributed by atoms with van der Waals surface area (Å²) in [5.74, 6) is -1.38. The number of hydrogen-bond donors (Lipinski definition) is 2. The van der Waals surface area contributed by atoms with Gasteiger partial charge >= 0.3 is 18.0 Å². The van der Waals surface area contributed by atoms with E-state index in [2.05, 4.69) is 20.1 Å². The predicted octanol–water partition coefficient (Wildman–Crippen LogP) is 2.81. The molecule has 2 N–H and O–H groups in total. The number of nitrogens with one attached hydrogen (secondary N) is 2. The van der Waals surface area contributed by atoms with Gasteiger partial charge in [-0.05, 0) is 24.3 Å². The summed E-state index contributed by atoms with van der Waals surface area (Å²) in [6.45, 7) is 0. The Morgan fingerprint density at radius 3 is 2.30 bits per heavy atom. The fourth-order valence-corrected chi connectivity index (χ4v) is 2.16. The van der Waals surface area contributed by atoms with Crippen LogP contribution in [0.2, 0.25) is 0 Å². The van der Waals surface area contributed by atoms with Crippen molar-refractivity contribution in [1.82, 2.24) is 0 Å². The molecule has 10 nitrogen and oxygen atoms in total. The number of carbonyl (C=O) groups is 3. The molecule has 0 aliphatic carbocycles. The lowest BCUT2D eigenvalue weighted by molar-refractivity contribution is -0.384. The normalized spacial score (nSPS) is 9.85. The van der Waals surface area contributed by atoms with Crippen LogP contribution in [-0.2, 0) is 9.47 Å². The van der Waals surface area contributed by atoms with Crippen molar-refractivity contribution in [2.45, 2.75) is 0 Å². The minimum Gasteiger partial charge on any atom is -0.465 e. The molecule has 0 atom stereocenters. The van der Waals surface area contributed by atoms with Crippen molar-refractivity contribution in [2.75, 3.05) is 24.9 Å². The maximum atomic E-state index is 12.2. The lowest BCUT2D eigenvalue weighted by Crippen LogP contribution is -2.21. The zero-order valence-electron chi connectivity index (χ0n) is 14.3. The van der Waals surface area contributed by atoms with Gasteiger partial charge in [0.25, 0.3) is 5.69 Å². The molecule has 140 valence electrons. The molecule has 2 aromatic rings. The number of carbonyl (C=O) groups excluding carboxylic acids is 3. The molecule has 0 fully saturated rings. The lowest BCUT2D eigenvalue weighted by atomic mass is 10.1. The molecule has 27 heavy (non-hydrogen) atoms. The molecule has 0 spiro atoms. The first-order chi connectivity index (χ1) is 12.8. The molecule has 0 unspecified atom stereocenters. The van der Waals surface area contributed by atoms with Crippen molar-refractivity contribution in [3.8, 4) is 0 Å². The number of urea groups is 1. The molecule has 2 aromatic carbocycles. The van der Waals surface area contributed by atoms with E-state index in [1.807, 2.05) is 0 Å². The maximum Gasteiger partial charge on any atom is 0.339 e. The molecule has 0 saturated carbocycles. The summed E-state index contributed by atoms with van der Waals surface area (Å²) in [4.78, 5) is 45.9. The third-order valence-corrected chi connectivity index (χ3v) is 3.41. The Balaban J connectivity index is 2.27. The zero-order valence-corrected chi connectivity index (χ0v) is 14.3. The first-order valence-corrected chi connectivity index (χ1v) is 7.49. The highest BCUT2D eigenvalue weighted by atomic mass is 16.6. The van der Waals surface area contributed by atoms with Gasteiger partial charge in [-0.25, -0.2) is 14.4 Å². The van der Waals surface area contributed by atoms with E-state index in [1.165, 1.54) is 56.7 Å². The molecule has 10 heteroatoms. The highest BCUT2D eigenvalue weighted by molar-refractivity contribution is 6.06.